The highest BCUT2D eigenvalue weighted by atomic mass is 32.2. The first kappa shape index (κ1) is 18.1. The molecule has 0 aliphatic carbocycles. The van der Waals surface area contributed by atoms with Crippen LogP contribution in [-0.2, 0) is 10.0 Å². The Labute approximate surface area is 148 Å². The van der Waals surface area contributed by atoms with Gasteiger partial charge in [-0.2, -0.15) is 0 Å². The lowest BCUT2D eigenvalue weighted by Crippen LogP contribution is -2.29. The molecule has 0 spiro atoms. The van der Waals surface area contributed by atoms with Gasteiger partial charge in [-0.05, 0) is 24.6 Å². The third-order valence-corrected chi connectivity index (χ3v) is 5.55. The number of fused-ring (bicyclic) bond motifs is 1. The molecule has 0 aliphatic rings. The molecule has 0 bridgehead atoms. The van der Waals surface area contributed by atoms with Crippen LogP contribution in [0.4, 0.5) is 20.2 Å². The predicted molar refractivity (Wildman–Crippen MR) is 93.0 cm³/mol. The van der Waals surface area contributed by atoms with Crippen LogP contribution in [0.1, 0.15) is 13.3 Å². The van der Waals surface area contributed by atoms with Gasteiger partial charge in [0.15, 0.2) is 5.65 Å². The van der Waals surface area contributed by atoms with Gasteiger partial charge in [-0.25, -0.2) is 26.5 Å². The molecular weight excluding hydrogens is 366 g/mol. The Bertz CT molecular complexity index is 1050. The number of hydrogen-bond donors (Lipinski definition) is 1. The van der Waals surface area contributed by atoms with E-state index in [0.29, 0.717) is 17.5 Å². The fourth-order valence-corrected chi connectivity index (χ4v) is 4.14. The number of nitrogens with one attached hydrogen (secondary N) is 1. The van der Waals surface area contributed by atoms with Crippen LogP contribution in [0.25, 0.3) is 11.0 Å². The Morgan fingerprint density at radius 1 is 1.27 bits per heavy atom. The molecule has 1 aromatic carbocycles. The largest absolute Gasteiger partial charge is 0.479 e. The summed E-state index contributed by atoms with van der Waals surface area (Å²) in [7, 11) is -2.57. The molecule has 2 aromatic heterocycles. The average molecular weight is 382 g/mol. The Balaban J connectivity index is 2.25. The third kappa shape index (κ3) is 3.19. The average Bonchev–Trinajstić information content (AvgIpc) is 3.00. The van der Waals surface area contributed by atoms with Gasteiger partial charge >= 0.3 is 0 Å². The van der Waals surface area contributed by atoms with Crippen LogP contribution in [0.5, 0.6) is 5.88 Å². The van der Waals surface area contributed by atoms with Gasteiger partial charge in [-0.1, -0.05) is 6.92 Å². The summed E-state index contributed by atoms with van der Waals surface area (Å²) in [5, 5.41) is 6.96. The summed E-state index contributed by atoms with van der Waals surface area (Å²) in [6.45, 7) is 1.68. The fourth-order valence-electron chi connectivity index (χ4n) is 2.58. The Hall–Kier alpha value is -2.75. The van der Waals surface area contributed by atoms with Gasteiger partial charge in [-0.3, -0.25) is 5.10 Å². The molecule has 0 atom stereocenters. The molecule has 0 saturated heterocycles. The molecule has 0 aliphatic heterocycles. The molecule has 3 aromatic rings. The van der Waals surface area contributed by atoms with Gasteiger partial charge in [0.25, 0.3) is 0 Å². The smallest absolute Gasteiger partial charge is 0.242 e. The SMILES string of the molecule is CCCS(=O)(=O)N(c1cnc2[nH]nc(OC)c2c1)c1cc(F)ccc1F. The van der Waals surface area contributed by atoms with E-state index in [0.717, 1.165) is 22.5 Å². The van der Waals surface area contributed by atoms with Crippen LogP contribution in [0.15, 0.2) is 30.5 Å². The standard InChI is InChI=1S/C16H16F2N4O3S/c1-3-6-26(23,24)22(14-7-10(17)4-5-13(14)18)11-8-12-15(19-9-11)20-21-16(12)25-2/h4-5,7-9H,3,6H2,1-2H3,(H,19,20,21). The van der Waals surface area contributed by atoms with Crippen LogP contribution >= 0.6 is 0 Å². The summed E-state index contributed by atoms with van der Waals surface area (Å²) in [6, 6.07) is 4.08. The zero-order chi connectivity index (χ0) is 18.9. The maximum absolute atomic E-state index is 14.3. The van der Waals surface area contributed by atoms with Crippen molar-refractivity contribution in [3.05, 3.63) is 42.1 Å². The predicted octanol–water partition coefficient (Wildman–Crippen LogP) is 3.12. The number of sulfonamides is 1. The number of nitrogens with zero attached hydrogens (tertiary/aromatic N) is 3. The summed E-state index contributed by atoms with van der Waals surface area (Å²) < 4.78 is 59.4. The maximum Gasteiger partial charge on any atom is 0.242 e. The van der Waals surface area contributed by atoms with Crippen molar-refractivity contribution in [2.24, 2.45) is 0 Å². The van der Waals surface area contributed by atoms with E-state index in [2.05, 4.69) is 15.2 Å². The van der Waals surface area contributed by atoms with Crippen LogP contribution in [-0.4, -0.2) is 36.5 Å². The van der Waals surface area contributed by atoms with E-state index < -0.39 is 27.3 Å². The highest BCUT2D eigenvalue weighted by molar-refractivity contribution is 7.93. The van der Waals surface area contributed by atoms with Crippen molar-refractivity contribution < 1.29 is 21.9 Å². The number of methoxy groups -OCH3 is 1. The molecule has 0 amide bonds. The molecule has 2 heterocycles. The van der Waals surface area contributed by atoms with Gasteiger partial charge < -0.3 is 4.74 Å². The normalized spacial score (nSPS) is 11.7. The van der Waals surface area contributed by atoms with Crippen molar-refractivity contribution in [1.29, 1.82) is 0 Å². The quantitative estimate of drug-likeness (QED) is 0.708. The summed E-state index contributed by atoms with van der Waals surface area (Å²) >= 11 is 0. The monoisotopic (exact) mass is 382 g/mol. The number of rotatable bonds is 6. The summed E-state index contributed by atoms with van der Waals surface area (Å²) in [4.78, 5) is 4.10. The fraction of sp³-hybridized carbons (Fsp3) is 0.250. The van der Waals surface area contributed by atoms with Crippen LogP contribution in [0.2, 0.25) is 0 Å². The second kappa shape index (κ2) is 6.87. The van der Waals surface area contributed by atoms with Gasteiger partial charge in [-0.15, -0.1) is 5.10 Å². The third-order valence-electron chi connectivity index (χ3n) is 3.66. The van der Waals surface area contributed by atoms with E-state index in [4.69, 9.17) is 4.74 Å². The molecular formula is C16H16F2N4O3S. The lowest BCUT2D eigenvalue weighted by molar-refractivity contribution is 0.401. The first-order valence-electron chi connectivity index (χ1n) is 7.73. The molecule has 138 valence electrons. The number of aromatic nitrogens is 3. The molecule has 0 radical (unpaired) electrons. The summed E-state index contributed by atoms with van der Waals surface area (Å²) in [6.07, 6.45) is 1.55. The minimum Gasteiger partial charge on any atom is -0.479 e. The highest BCUT2D eigenvalue weighted by Crippen LogP contribution is 2.34. The molecule has 3 rings (SSSR count). The van der Waals surface area contributed by atoms with E-state index >= 15 is 0 Å². The number of anilines is 2. The second-order valence-electron chi connectivity index (χ2n) is 5.50. The van der Waals surface area contributed by atoms with Crippen molar-refractivity contribution in [3.8, 4) is 5.88 Å². The first-order valence-corrected chi connectivity index (χ1v) is 9.34. The minimum absolute atomic E-state index is 0.0511. The van der Waals surface area contributed by atoms with Gasteiger partial charge in [0.2, 0.25) is 15.9 Å². The number of ether oxygens (including phenoxy) is 1. The number of H-pyrrole nitrogens is 1. The summed E-state index contributed by atoms with van der Waals surface area (Å²) in [5.41, 5.74) is 0.00960. The first-order chi connectivity index (χ1) is 12.4. The van der Waals surface area contributed by atoms with E-state index in [1.165, 1.54) is 19.4 Å². The number of aromatic amines is 1. The van der Waals surface area contributed by atoms with Crippen LogP contribution < -0.4 is 9.04 Å². The van der Waals surface area contributed by atoms with Gasteiger partial charge in [0.1, 0.15) is 11.6 Å². The molecule has 7 nitrogen and oxygen atoms in total. The molecule has 0 saturated carbocycles. The Kier molecular flexibility index (Phi) is 4.77. The number of benzene rings is 1. The number of pyridine rings is 1. The Morgan fingerprint density at radius 3 is 2.73 bits per heavy atom. The van der Waals surface area contributed by atoms with E-state index in [1.807, 2.05) is 0 Å². The highest BCUT2D eigenvalue weighted by Gasteiger charge is 2.28. The topological polar surface area (TPSA) is 88.2 Å². The zero-order valence-corrected chi connectivity index (χ0v) is 14.8. The van der Waals surface area contributed by atoms with Crippen molar-refractivity contribution in [2.45, 2.75) is 13.3 Å². The lowest BCUT2D eigenvalue weighted by atomic mass is 10.2. The van der Waals surface area contributed by atoms with Crippen molar-refractivity contribution in [2.75, 3.05) is 17.2 Å². The molecule has 1 N–H and O–H groups in total. The number of halogens is 2. The van der Waals surface area contributed by atoms with Crippen molar-refractivity contribution in [3.63, 3.8) is 0 Å². The number of hydrogen-bond acceptors (Lipinski definition) is 5. The van der Waals surface area contributed by atoms with Gasteiger partial charge in [0, 0.05) is 6.07 Å². The van der Waals surface area contributed by atoms with Crippen molar-refractivity contribution >= 4 is 32.4 Å². The molecule has 0 unspecified atom stereocenters. The van der Waals surface area contributed by atoms with E-state index in [9.17, 15) is 17.2 Å². The van der Waals surface area contributed by atoms with Gasteiger partial charge in [0.05, 0.1) is 35.8 Å². The zero-order valence-electron chi connectivity index (χ0n) is 14.0. The molecule has 0 fully saturated rings. The van der Waals surface area contributed by atoms with E-state index in [-0.39, 0.29) is 17.3 Å². The second-order valence-corrected chi connectivity index (χ2v) is 7.44. The van der Waals surface area contributed by atoms with Crippen molar-refractivity contribution in [1.82, 2.24) is 15.2 Å². The Morgan fingerprint density at radius 2 is 2.04 bits per heavy atom. The van der Waals surface area contributed by atoms with E-state index in [1.54, 1.807) is 6.92 Å². The lowest BCUT2D eigenvalue weighted by Gasteiger charge is -2.24. The summed E-state index contributed by atoms with van der Waals surface area (Å²) in [5.74, 6) is -1.66. The molecule has 26 heavy (non-hydrogen) atoms. The van der Waals surface area contributed by atoms with Crippen LogP contribution in [0, 0.1) is 11.6 Å². The maximum atomic E-state index is 14.3. The minimum atomic E-state index is -3.97. The molecule has 10 heteroatoms. The van der Waals surface area contributed by atoms with Crippen LogP contribution in [0.3, 0.4) is 0 Å².